The molecule has 5 atom stereocenters. The molecule has 0 aromatic carbocycles. The van der Waals surface area contributed by atoms with Gasteiger partial charge >= 0.3 is 6.09 Å². The number of halogens is 1. The summed E-state index contributed by atoms with van der Waals surface area (Å²) in [5, 5.41) is 10.6. The van der Waals surface area contributed by atoms with Gasteiger partial charge in [0.25, 0.3) is 5.56 Å². The van der Waals surface area contributed by atoms with Crippen molar-refractivity contribution in [2.75, 3.05) is 18.4 Å². The number of carbonyl (C=O) groups is 2. The fourth-order valence-corrected chi connectivity index (χ4v) is 6.67. The van der Waals surface area contributed by atoms with Crippen molar-refractivity contribution < 1.29 is 14.3 Å². The summed E-state index contributed by atoms with van der Waals surface area (Å²) in [6.07, 6.45) is 5.29. The van der Waals surface area contributed by atoms with E-state index in [1.54, 1.807) is 11.1 Å². The highest BCUT2D eigenvalue weighted by Gasteiger charge is 2.56. The first-order chi connectivity index (χ1) is 16.8. The lowest BCUT2D eigenvalue weighted by Crippen LogP contribution is -2.58. The number of carbonyl (C=O) groups excluding carboxylic acids is 2. The fourth-order valence-electron chi connectivity index (χ4n) is 6.25. The van der Waals surface area contributed by atoms with Crippen LogP contribution in [0.5, 0.6) is 0 Å². The van der Waals surface area contributed by atoms with Crippen molar-refractivity contribution in [2.45, 2.75) is 91.5 Å². The average Bonchev–Trinajstić information content (AvgIpc) is 3.26. The largest absolute Gasteiger partial charge is 0.444 e. The summed E-state index contributed by atoms with van der Waals surface area (Å²) in [7, 11) is 0. The number of anilines is 1. The third-order valence-electron chi connectivity index (χ3n) is 8.51. The van der Waals surface area contributed by atoms with Crippen LogP contribution in [0.1, 0.15) is 67.2 Å². The minimum Gasteiger partial charge on any atom is -0.444 e. The topological polar surface area (TPSA) is 106 Å². The van der Waals surface area contributed by atoms with Gasteiger partial charge in [0.05, 0.1) is 17.9 Å². The molecule has 10 heteroatoms. The second kappa shape index (κ2) is 9.99. The molecule has 1 saturated heterocycles. The lowest BCUT2D eigenvalue weighted by molar-refractivity contribution is -0.122. The number of amides is 2. The Bertz CT molecular complexity index is 1070. The molecule has 1 aromatic rings. The first kappa shape index (κ1) is 26.9. The van der Waals surface area contributed by atoms with Crippen molar-refractivity contribution in [1.29, 1.82) is 0 Å². The molecule has 3 saturated carbocycles. The molecule has 3 aliphatic carbocycles. The highest BCUT2D eigenvalue weighted by Crippen LogP contribution is 2.61. The quantitative estimate of drug-likeness (QED) is 0.540. The molecule has 1 aromatic heterocycles. The van der Waals surface area contributed by atoms with Crippen molar-refractivity contribution in [2.24, 2.45) is 23.2 Å². The summed E-state index contributed by atoms with van der Waals surface area (Å²) < 4.78 is 7.04. The van der Waals surface area contributed by atoms with E-state index in [1.165, 1.54) is 6.42 Å². The van der Waals surface area contributed by atoms with Gasteiger partial charge in [-0.05, 0) is 85.6 Å². The Kier molecular flexibility index (Phi) is 7.48. The number of nitrogens with one attached hydrogen (secondary N) is 2. The van der Waals surface area contributed by atoms with E-state index in [1.807, 2.05) is 20.8 Å². The Morgan fingerprint density at radius 1 is 1.28 bits per heavy atom. The van der Waals surface area contributed by atoms with Crippen molar-refractivity contribution in [3.05, 3.63) is 21.0 Å². The van der Waals surface area contributed by atoms with Gasteiger partial charge in [-0.3, -0.25) is 9.59 Å². The molecule has 0 spiro atoms. The van der Waals surface area contributed by atoms with Crippen LogP contribution in [-0.4, -0.2) is 57.5 Å². The third-order valence-corrected chi connectivity index (χ3v) is 9.28. The van der Waals surface area contributed by atoms with Gasteiger partial charge in [0.2, 0.25) is 5.91 Å². The number of likely N-dealkylation sites (tertiary alicyclic amines) is 1. The molecule has 2 N–H and O–H groups in total. The van der Waals surface area contributed by atoms with E-state index >= 15 is 0 Å². The maximum Gasteiger partial charge on any atom is 0.410 e. The van der Waals surface area contributed by atoms with Crippen LogP contribution in [-0.2, 0) is 16.1 Å². The highest BCUT2D eigenvalue weighted by molar-refractivity contribution is 9.10. The number of rotatable bonds is 6. The summed E-state index contributed by atoms with van der Waals surface area (Å²) in [5.41, 5.74) is 0.152. The van der Waals surface area contributed by atoms with Crippen molar-refractivity contribution in [3.8, 4) is 0 Å². The second-order valence-corrected chi connectivity index (χ2v) is 13.1. The van der Waals surface area contributed by atoms with E-state index in [4.69, 9.17) is 4.74 Å². The van der Waals surface area contributed by atoms with Gasteiger partial charge in [0.15, 0.2) is 0 Å². The Hall–Kier alpha value is -2.10. The molecule has 2 bridgehead atoms. The van der Waals surface area contributed by atoms with E-state index in [0.29, 0.717) is 52.5 Å². The molecule has 36 heavy (non-hydrogen) atoms. The predicted octanol–water partition coefficient (Wildman–Crippen LogP) is 4.00. The summed E-state index contributed by atoms with van der Waals surface area (Å²) in [5.74, 6) is 1.59. The van der Waals surface area contributed by atoms with Crippen LogP contribution < -0.4 is 16.2 Å². The molecular formula is C26H40BrN5O4. The smallest absolute Gasteiger partial charge is 0.410 e. The number of ether oxygens (including phenoxy) is 1. The molecule has 9 nitrogen and oxygen atoms in total. The number of hydrogen-bond donors (Lipinski definition) is 2. The molecule has 0 unspecified atom stereocenters. The number of fused-ring (bicyclic) bond motifs is 2. The Morgan fingerprint density at radius 2 is 2.00 bits per heavy atom. The van der Waals surface area contributed by atoms with E-state index in [2.05, 4.69) is 52.4 Å². The zero-order chi connectivity index (χ0) is 26.4. The fraction of sp³-hybridized carbons (Fsp3) is 0.769. The second-order valence-electron chi connectivity index (χ2n) is 12.3. The Morgan fingerprint density at radius 3 is 2.64 bits per heavy atom. The zero-order valence-electron chi connectivity index (χ0n) is 22.3. The van der Waals surface area contributed by atoms with Crippen LogP contribution in [0, 0.1) is 23.2 Å². The SMILES string of the molecule is C[C@@H]1[C@H]2C[C@@H](C[C@H]1Nc1cnn(CC(=O)NC[C@@H]3CCCN3C(=O)OC(C)(C)C)c(=O)c1Br)C2(C)C. The molecule has 5 rings (SSSR count). The van der Waals surface area contributed by atoms with Crippen LogP contribution in [0.4, 0.5) is 10.5 Å². The molecule has 0 radical (unpaired) electrons. The minimum absolute atomic E-state index is 0.125. The molecule has 200 valence electrons. The van der Waals surface area contributed by atoms with Crippen LogP contribution in [0.15, 0.2) is 15.5 Å². The standard InChI is InChI=1S/C26H40BrN5O4/c1-15-18-10-16(26(18,5)6)11-19(15)30-20-13-29-32(23(34)22(20)27)14-21(33)28-12-17-8-7-9-31(17)24(35)36-25(2,3)4/h13,15-19,30H,7-12,14H2,1-6H3,(H,28,33)/t15-,16+,17+,18-,19-/m1/s1. The average molecular weight is 567 g/mol. The minimum atomic E-state index is -0.569. The van der Waals surface area contributed by atoms with Crippen molar-refractivity contribution in [3.63, 3.8) is 0 Å². The molecule has 2 heterocycles. The third kappa shape index (κ3) is 5.43. The Labute approximate surface area is 221 Å². The van der Waals surface area contributed by atoms with Gasteiger partial charge in [-0.15, -0.1) is 0 Å². The number of aromatic nitrogens is 2. The lowest BCUT2D eigenvalue weighted by Gasteiger charge is -2.62. The lowest BCUT2D eigenvalue weighted by atomic mass is 9.45. The molecule has 2 amide bonds. The maximum atomic E-state index is 12.9. The van der Waals surface area contributed by atoms with Gasteiger partial charge in [0.1, 0.15) is 16.6 Å². The van der Waals surface area contributed by atoms with E-state index in [-0.39, 0.29) is 30.1 Å². The molecular weight excluding hydrogens is 526 g/mol. The Balaban J connectivity index is 1.32. The summed E-state index contributed by atoms with van der Waals surface area (Å²) in [6.45, 7) is 13.3. The van der Waals surface area contributed by atoms with E-state index < -0.39 is 5.60 Å². The summed E-state index contributed by atoms with van der Waals surface area (Å²) in [4.78, 5) is 39.7. The zero-order valence-corrected chi connectivity index (χ0v) is 23.9. The van der Waals surface area contributed by atoms with Crippen LogP contribution in [0.25, 0.3) is 0 Å². The van der Waals surface area contributed by atoms with Crippen LogP contribution in [0.2, 0.25) is 0 Å². The molecule has 4 fully saturated rings. The van der Waals surface area contributed by atoms with Crippen molar-refractivity contribution in [1.82, 2.24) is 20.0 Å². The summed E-state index contributed by atoms with van der Waals surface area (Å²) >= 11 is 3.43. The van der Waals surface area contributed by atoms with Gasteiger partial charge < -0.3 is 20.3 Å². The van der Waals surface area contributed by atoms with Crippen LogP contribution >= 0.6 is 15.9 Å². The first-order valence-corrected chi connectivity index (χ1v) is 13.9. The van der Waals surface area contributed by atoms with E-state index in [0.717, 1.165) is 23.9 Å². The van der Waals surface area contributed by atoms with Gasteiger partial charge in [0, 0.05) is 19.1 Å². The summed E-state index contributed by atoms with van der Waals surface area (Å²) in [6, 6.07) is 0.179. The van der Waals surface area contributed by atoms with E-state index in [9.17, 15) is 14.4 Å². The molecule has 4 aliphatic rings. The number of nitrogens with zero attached hydrogens (tertiary/aromatic N) is 3. The normalized spacial score (nSPS) is 28.9. The molecule has 1 aliphatic heterocycles. The number of hydrogen-bond acceptors (Lipinski definition) is 6. The monoisotopic (exact) mass is 565 g/mol. The van der Waals surface area contributed by atoms with Gasteiger partial charge in [-0.25, -0.2) is 9.48 Å². The highest BCUT2D eigenvalue weighted by atomic mass is 79.9. The maximum absolute atomic E-state index is 12.9. The van der Waals surface area contributed by atoms with Gasteiger partial charge in [-0.2, -0.15) is 5.10 Å². The first-order valence-electron chi connectivity index (χ1n) is 13.1. The van der Waals surface area contributed by atoms with Crippen LogP contribution in [0.3, 0.4) is 0 Å². The predicted molar refractivity (Wildman–Crippen MR) is 142 cm³/mol. The van der Waals surface area contributed by atoms with Crippen molar-refractivity contribution >= 4 is 33.6 Å². The van der Waals surface area contributed by atoms with Gasteiger partial charge in [-0.1, -0.05) is 20.8 Å².